The molecule has 2 aliphatic rings. The Morgan fingerprint density at radius 1 is 1.17 bits per heavy atom. The summed E-state index contributed by atoms with van der Waals surface area (Å²) in [7, 11) is 0. The van der Waals surface area contributed by atoms with Crippen LogP contribution < -0.4 is 5.32 Å². The van der Waals surface area contributed by atoms with Crippen LogP contribution in [0.5, 0.6) is 0 Å². The first kappa shape index (κ1) is 17.5. The van der Waals surface area contributed by atoms with Gasteiger partial charge in [-0.25, -0.2) is 0 Å². The van der Waals surface area contributed by atoms with Gasteiger partial charge in [-0.1, -0.05) is 26.2 Å². The fraction of sp³-hybridized carbons (Fsp3) is 0.684. The summed E-state index contributed by atoms with van der Waals surface area (Å²) in [6, 6.07) is 2.28. The van der Waals surface area contributed by atoms with Gasteiger partial charge in [0, 0.05) is 25.0 Å². The summed E-state index contributed by atoms with van der Waals surface area (Å²) in [5.41, 5.74) is 1.15. The summed E-state index contributed by atoms with van der Waals surface area (Å²) < 4.78 is 0. The highest BCUT2D eigenvalue weighted by molar-refractivity contribution is 7.12. The molecule has 0 radical (unpaired) electrons. The zero-order valence-electron chi connectivity index (χ0n) is 14.6. The molecule has 0 atom stereocenters. The van der Waals surface area contributed by atoms with Gasteiger partial charge in [0.2, 0.25) is 5.91 Å². The Hall–Kier alpha value is -1.36. The lowest BCUT2D eigenvalue weighted by Gasteiger charge is -2.33. The number of carbonyl (C=O) groups excluding carboxylic acids is 2. The van der Waals surface area contributed by atoms with Crippen LogP contribution in [0.2, 0.25) is 0 Å². The first-order valence-corrected chi connectivity index (χ1v) is 10.2. The molecule has 1 aliphatic carbocycles. The van der Waals surface area contributed by atoms with Crippen LogP contribution in [0, 0.1) is 5.92 Å². The molecule has 5 heteroatoms. The van der Waals surface area contributed by atoms with Crippen LogP contribution in [0.1, 0.15) is 67.1 Å². The molecule has 0 unspecified atom stereocenters. The van der Waals surface area contributed by atoms with Crippen molar-refractivity contribution >= 4 is 23.2 Å². The molecule has 0 bridgehead atoms. The third-order valence-electron chi connectivity index (χ3n) is 5.43. The van der Waals surface area contributed by atoms with E-state index < -0.39 is 0 Å². The van der Waals surface area contributed by atoms with E-state index in [4.69, 9.17) is 0 Å². The average Bonchev–Trinajstić information content (AvgIpc) is 3.11. The van der Waals surface area contributed by atoms with Gasteiger partial charge in [-0.3, -0.25) is 9.59 Å². The predicted molar refractivity (Wildman–Crippen MR) is 97.3 cm³/mol. The van der Waals surface area contributed by atoms with E-state index in [1.807, 2.05) is 10.3 Å². The first-order valence-electron chi connectivity index (χ1n) is 9.35. The Bertz CT molecular complexity index is 570. The number of carbonyl (C=O) groups is 2. The van der Waals surface area contributed by atoms with Gasteiger partial charge in [0.1, 0.15) is 0 Å². The molecular formula is C19H28N2O2S. The number of hydrogen-bond acceptors (Lipinski definition) is 3. The zero-order chi connectivity index (χ0) is 16.9. The van der Waals surface area contributed by atoms with Gasteiger partial charge in [0.25, 0.3) is 5.91 Å². The molecule has 0 aromatic carbocycles. The van der Waals surface area contributed by atoms with Crippen LogP contribution in [0.15, 0.2) is 11.4 Å². The number of nitrogens with one attached hydrogen (secondary N) is 1. The highest BCUT2D eigenvalue weighted by atomic mass is 32.1. The van der Waals surface area contributed by atoms with Crippen LogP contribution in [0.25, 0.3) is 0 Å². The van der Waals surface area contributed by atoms with Crippen molar-refractivity contribution in [2.75, 3.05) is 13.1 Å². The van der Waals surface area contributed by atoms with Crippen molar-refractivity contribution in [3.8, 4) is 0 Å². The summed E-state index contributed by atoms with van der Waals surface area (Å²) in [5, 5.41) is 5.23. The number of nitrogens with zero attached hydrogens (tertiary/aromatic N) is 1. The molecule has 1 N–H and O–H groups in total. The molecule has 24 heavy (non-hydrogen) atoms. The van der Waals surface area contributed by atoms with Gasteiger partial charge < -0.3 is 10.2 Å². The van der Waals surface area contributed by atoms with Crippen molar-refractivity contribution in [1.29, 1.82) is 0 Å². The monoisotopic (exact) mass is 348 g/mol. The smallest absolute Gasteiger partial charge is 0.264 e. The normalized spacial score (nSPS) is 20.1. The Morgan fingerprint density at radius 2 is 1.88 bits per heavy atom. The Labute approximate surface area is 148 Å². The summed E-state index contributed by atoms with van der Waals surface area (Å²) >= 11 is 1.55. The lowest BCUT2D eigenvalue weighted by molar-refractivity contribution is -0.126. The van der Waals surface area contributed by atoms with Gasteiger partial charge in [-0.2, -0.15) is 0 Å². The Balaban J connectivity index is 1.48. The van der Waals surface area contributed by atoms with E-state index in [-0.39, 0.29) is 23.8 Å². The van der Waals surface area contributed by atoms with Crippen molar-refractivity contribution in [3.63, 3.8) is 0 Å². The van der Waals surface area contributed by atoms with Crippen molar-refractivity contribution < 1.29 is 9.59 Å². The largest absolute Gasteiger partial charge is 0.353 e. The quantitative estimate of drug-likeness (QED) is 0.903. The molecule has 4 nitrogen and oxygen atoms in total. The first-order chi connectivity index (χ1) is 11.7. The number of aryl methyl sites for hydroxylation is 1. The fourth-order valence-electron chi connectivity index (χ4n) is 3.86. The Morgan fingerprint density at radius 3 is 2.54 bits per heavy atom. The third kappa shape index (κ3) is 4.00. The molecule has 0 spiro atoms. The molecule has 1 aliphatic heterocycles. The van der Waals surface area contributed by atoms with E-state index in [2.05, 4.69) is 18.3 Å². The maximum absolute atomic E-state index is 12.7. The minimum absolute atomic E-state index is 0.166. The molecule has 3 rings (SSSR count). The average molecular weight is 349 g/mol. The van der Waals surface area contributed by atoms with Gasteiger partial charge in [0.15, 0.2) is 0 Å². The summed E-state index contributed by atoms with van der Waals surface area (Å²) in [4.78, 5) is 27.9. The summed E-state index contributed by atoms with van der Waals surface area (Å²) in [6.45, 7) is 3.58. The van der Waals surface area contributed by atoms with E-state index >= 15 is 0 Å². The van der Waals surface area contributed by atoms with Crippen LogP contribution >= 0.6 is 11.3 Å². The van der Waals surface area contributed by atoms with Crippen LogP contribution in [-0.2, 0) is 11.2 Å². The molecular weight excluding hydrogens is 320 g/mol. The Kier molecular flexibility index (Phi) is 5.93. The molecule has 1 saturated carbocycles. The van der Waals surface area contributed by atoms with E-state index in [1.54, 1.807) is 11.3 Å². The molecule has 1 aromatic rings. The second kappa shape index (κ2) is 8.15. The summed E-state index contributed by atoms with van der Waals surface area (Å²) in [6.07, 6.45) is 8.37. The number of piperidine rings is 1. The molecule has 2 heterocycles. The second-order valence-electron chi connectivity index (χ2n) is 7.04. The minimum atomic E-state index is 0.166. The number of rotatable bonds is 4. The molecule has 132 valence electrons. The molecule has 1 aromatic heterocycles. The molecule has 2 fully saturated rings. The van der Waals surface area contributed by atoms with Gasteiger partial charge in [0.05, 0.1) is 4.88 Å². The van der Waals surface area contributed by atoms with Crippen molar-refractivity contribution in [3.05, 3.63) is 21.9 Å². The lowest BCUT2D eigenvalue weighted by atomic mass is 9.88. The minimum Gasteiger partial charge on any atom is -0.353 e. The lowest BCUT2D eigenvalue weighted by Crippen LogP contribution is -2.48. The highest BCUT2D eigenvalue weighted by Gasteiger charge is 2.28. The van der Waals surface area contributed by atoms with Gasteiger partial charge in [-0.05, 0) is 49.1 Å². The fourth-order valence-corrected chi connectivity index (χ4v) is 4.82. The molecule has 1 saturated heterocycles. The van der Waals surface area contributed by atoms with Crippen molar-refractivity contribution in [2.45, 2.75) is 64.3 Å². The van der Waals surface area contributed by atoms with E-state index in [9.17, 15) is 9.59 Å². The summed E-state index contributed by atoms with van der Waals surface area (Å²) in [5.74, 6) is 0.626. The van der Waals surface area contributed by atoms with Crippen LogP contribution in [0.4, 0.5) is 0 Å². The van der Waals surface area contributed by atoms with E-state index in [0.29, 0.717) is 0 Å². The number of amides is 2. The number of hydrogen-bond donors (Lipinski definition) is 1. The predicted octanol–water partition coefficient (Wildman–Crippen LogP) is 3.61. The van der Waals surface area contributed by atoms with E-state index in [0.717, 1.165) is 55.6 Å². The third-order valence-corrected chi connectivity index (χ3v) is 6.37. The maximum Gasteiger partial charge on any atom is 0.264 e. The highest BCUT2D eigenvalue weighted by Crippen LogP contribution is 2.25. The SMILES string of the molecule is CCc1ccsc1C(=O)N1CCC(NC(=O)C2CCCCC2)CC1. The van der Waals surface area contributed by atoms with Crippen LogP contribution in [-0.4, -0.2) is 35.8 Å². The standard InChI is InChI=1S/C19H28N2O2S/c1-2-14-10-13-24-17(14)19(23)21-11-8-16(9-12-21)20-18(22)15-6-4-3-5-7-15/h10,13,15-16H,2-9,11-12H2,1H3,(H,20,22). The van der Waals surface area contributed by atoms with Gasteiger partial charge >= 0.3 is 0 Å². The van der Waals surface area contributed by atoms with Crippen LogP contribution in [0.3, 0.4) is 0 Å². The van der Waals surface area contributed by atoms with E-state index in [1.165, 1.54) is 19.3 Å². The van der Waals surface area contributed by atoms with Crippen molar-refractivity contribution in [1.82, 2.24) is 10.2 Å². The zero-order valence-corrected chi connectivity index (χ0v) is 15.4. The van der Waals surface area contributed by atoms with Gasteiger partial charge in [-0.15, -0.1) is 11.3 Å². The number of likely N-dealkylation sites (tertiary alicyclic amines) is 1. The van der Waals surface area contributed by atoms with Crippen molar-refractivity contribution in [2.24, 2.45) is 5.92 Å². The molecule has 2 amide bonds. The second-order valence-corrected chi connectivity index (χ2v) is 7.95. The number of thiophene rings is 1. The topological polar surface area (TPSA) is 49.4 Å². The maximum atomic E-state index is 12.7.